The molecule has 2 aliphatic heterocycles. The predicted molar refractivity (Wildman–Crippen MR) is 144 cm³/mol. The number of piperidine rings is 1. The van der Waals surface area contributed by atoms with Crippen molar-refractivity contribution >= 4 is 50.6 Å². The molecule has 1 fully saturated rings. The fourth-order valence-corrected chi connectivity index (χ4v) is 6.54. The number of hydrogen-bond acceptors (Lipinski definition) is 10. The number of carbonyl (C=O) groups excluding carboxylic acids is 1. The first-order valence-corrected chi connectivity index (χ1v) is 15.5. The van der Waals surface area contributed by atoms with Crippen LogP contribution in [0.25, 0.3) is 0 Å². The van der Waals surface area contributed by atoms with Crippen LogP contribution in [0.2, 0.25) is 10.3 Å². The highest BCUT2D eigenvalue weighted by molar-refractivity contribution is 7.86. The number of likely N-dealkylation sites (tertiary alicyclic amines) is 1. The molecule has 4 heterocycles. The molecule has 1 unspecified atom stereocenters. The molecule has 39 heavy (non-hydrogen) atoms. The van der Waals surface area contributed by atoms with Gasteiger partial charge >= 0.3 is 10.1 Å². The van der Waals surface area contributed by atoms with E-state index >= 15 is 0 Å². The minimum absolute atomic E-state index is 0.0398. The van der Waals surface area contributed by atoms with Crippen LogP contribution in [0.3, 0.4) is 0 Å². The van der Waals surface area contributed by atoms with E-state index in [1.54, 1.807) is 17.0 Å². The van der Waals surface area contributed by atoms with Crippen LogP contribution in [0.4, 0.5) is 0 Å². The van der Waals surface area contributed by atoms with Crippen LogP contribution in [-0.2, 0) is 44.1 Å². The molecule has 2 aliphatic rings. The summed E-state index contributed by atoms with van der Waals surface area (Å²) < 4.78 is 47.5. The minimum atomic E-state index is -3.73. The average molecular weight is 618 g/mol. The second-order valence-corrected chi connectivity index (χ2v) is 12.4. The van der Waals surface area contributed by atoms with Gasteiger partial charge in [0.2, 0.25) is 12.2 Å². The zero-order valence-corrected chi connectivity index (χ0v) is 24.3. The molecule has 0 aliphatic carbocycles. The number of aromatic nitrogens is 3. The number of halogens is 2. The first kappa shape index (κ1) is 28.1. The molecule has 1 amide bonds. The van der Waals surface area contributed by atoms with E-state index < -0.39 is 16.4 Å². The van der Waals surface area contributed by atoms with Gasteiger partial charge in [-0.15, -0.1) is 11.3 Å². The highest BCUT2D eigenvalue weighted by Gasteiger charge is 2.30. The van der Waals surface area contributed by atoms with Crippen molar-refractivity contribution in [2.75, 3.05) is 26.5 Å². The molecule has 0 bridgehead atoms. The summed E-state index contributed by atoms with van der Waals surface area (Å²) in [5.41, 5.74) is 1.84. The Bertz CT molecular complexity index is 1470. The van der Waals surface area contributed by atoms with Crippen molar-refractivity contribution in [1.29, 1.82) is 0 Å². The molecule has 1 saturated heterocycles. The molecule has 1 atom stereocenters. The van der Waals surface area contributed by atoms with Crippen LogP contribution in [-0.4, -0.2) is 60.4 Å². The predicted octanol–water partition coefficient (Wildman–Crippen LogP) is 4.15. The van der Waals surface area contributed by atoms with Gasteiger partial charge in [-0.05, 0) is 25.0 Å². The number of ether oxygens (including phenoxy) is 3. The number of fused-ring (bicyclic) bond motifs is 1. The molecular weight excluding hydrogens is 591 g/mol. The molecule has 3 aromatic rings. The van der Waals surface area contributed by atoms with Crippen molar-refractivity contribution in [2.24, 2.45) is 0 Å². The summed E-state index contributed by atoms with van der Waals surface area (Å²) in [5, 5.41) is 7.46. The summed E-state index contributed by atoms with van der Waals surface area (Å²) in [5.74, 6) is 0.863. The van der Waals surface area contributed by atoms with E-state index in [-0.39, 0.29) is 42.5 Å². The Hall–Kier alpha value is -2.42. The molecule has 0 spiro atoms. The summed E-state index contributed by atoms with van der Waals surface area (Å²) in [6.07, 6.45) is 1.79. The van der Waals surface area contributed by atoms with Gasteiger partial charge in [0.25, 0.3) is 0 Å². The Kier molecular flexibility index (Phi) is 8.36. The number of hydrogen-bond donors (Lipinski definition) is 0. The lowest BCUT2D eigenvalue weighted by Crippen LogP contribution is -2.39. The van der Waals surface area contributed by atoms with Crippen molar-refractivity contribution < 1.29 is 31.6 Å². The van der Waals surface area contributed by atoms with Gasteiger partial charge in [-0.1, -0.05) is 23.2 Å². The van der Waals surface area contributed by atoms with E-state index in [9.17, 15) is 13.2 Å². The zero-order valence-electron chi connectivity index (χ0n) is 21.1. The summed E-state index contributed by atoms with van der Waals surface area (Å²) in [6.45, 7) is 1.42. The van der Waals surface area contributed by atoms with Gasteiger partial charge in [-0.25, -0.2) is 9.67 Å². The van der Waals surface area contributed by atoms with E-state index in [2.05, 4.69) is 5.10 Å². The van der Waals surface area contributed by atoms with Crippen LogP contribution in [0.15, 0.2) is 23.6 Å². The fourth-order valence-electron chi connectivity index (χ4n) is 4.61. The Morgan fingerprint density at radius 3 is 2.44 bits per heavy atom. The quantitative estimate of drug-likeness (QED) is 0.360. The summed E-state index contributed by atoms with van der Waals surface area (Å²) in [4.78, 5) is 19.3. The maximum atomic E-state index is 12.7. The molecule has 1 aromatic carbocycles. The number of thiazole rings is 1. The van der Waals surface area contributed by atoms with Crippen molar-refractivity contribution in [3.63, 3.8) is 0 Å². The van der Waals surface area contributed by atoms with Gasteiger partial charge in [0.1, 0.15) is 28.9 Å². The van der Waals surface area contributed by atoms with Crippen LogP contribution < -0.4 is 8.92 Å². The van der Waals surface area contributed by atoms with Crippen LogP contribution in [0.1, 0.15) is 46.9 Å². The SMILES string of the molecule is COc1ccc(OS(C)(=O)=O)c2c1COC(c1csc(C3CCN(C(=O)Cn4nc(Cl)cc4Cl)CC3)n1)OC2. The number of amides is 1. The maximum absolute atomic E-state index is 12.7. The third kappa shape index (κ3) is 6.50. The monoisotopic (exact) mass is 616 g/mol. The van der Waals surface area contributed by atoms with E-state index in [1.807, 2.05) is 5.38 Å². The molecule has 15 heteroatoms. The van der Waals surface area contributed by atoms with Gasteiger partial charge in [0.15, 0.2) is 5.15 Å². The van der Waals surface area contributed by atoms with Crippen LogP contribution in [0.5, 0.6) is 11.5 Å². The Morgan fingerprint density at radius 2 is 1.82 bits per heavy atom. The Morgan fingerprint density at radius 1 is 1.15 bits per heavy atom. The lowest BCUT2D eigenvalue weighted by Gasteiger charge is -2.31. The lowest BCUT2D eigenvalue weighted by atomic mass is 9.97. The minimum Gasteiger partial charge on any atom is -0.496 e. The van der Waals surface area contributed by atoms with Gasteiger partial charge in [-0.2, -0.15) is 13.5 Å². The Labute approximate surface area is 239 Å². The topological polar surface area (TPSA) is 122 Å². The van der Waals surface area contributed by atoms with Gasteiger partial charge in [0.05, 0.1) is 31.6 Å². The molecule has 0 N–H and O–H groups in total. The zero-order chi connectivity index (χ0) is 27.7. The third-order valence-electron chi connectivity index (χ3n) is 6.53. The maximum Gasteiger partial charge on any atom is 0.306 e. The van der Waals surface area contributed by atoms with Gasteiger partial charge in [-0.3, -0.25) is 4.79 Å². The molecule has 11 nitrogen and oxygen atoms in total. The number of methoxy groups -OCH3 is 1. The normalized spacial score (nSPS) is 18.5. The highest BCUT2D eigenvalue weighted by atomic mass is 35.5. The molecule has 0 saturated carbocycles. The van der Waals surface area contributed by atoms with Crippen molar-refractivity contribution in [3.8, 4) is 11.5 Å². The third-order valence-corrected chi connectivity index (χ3v) is 8.53. The Balaban J connectivity index is 1.22. The van der Waals surface area contributed by atoms with Gasteiger partial charge < -0.3 is 23.3 Å². The van der Waals surface area contributed by atoms with Crippen LogP contribution >= 0.6 is 34.5 Å². The smallest absolute Gasteiger partial charge is 0.306 e. The molecular formula is C24H26Cl2N4O7S2. The first-order valence-electron chi connectivity index (χ1n) is 12.0. The van der Waals surface area contributed by atoms with Crippen LogP contribution in [0, 0.1) is 0 Å². The molecule has 210 valence electrons. The summed E-state index contributed by atoms with van der Waals surface area (Å²) in [6, 6.07) is 4.68. The van der Waals surface area contributed by atoms with Gasteiger partial charge in [0, 0.05) is 41.6 Å². The number of rotatable bonds is 7. The second kappa shape index (κ2) is 11.6. The molecule has 0 radical (unpaired) electrons. The van der Waals surface area contributed by atoms with E-state index in [4.69, 9.17) is 46.6 Å². The molecule has 5 rings (SSSR count). The van der Waals surface area contributed by atoms with E-state index in [0.717, 1.165) is 24.1 Å². The summed E-state index contributed by atoms with van der Waals surface area (Å²) in [7, 11) is -2.20. The fraction of sp³-hybridized carbons (Fsp3) is 0.458. The highest BCUT2D eigenvalue weighted by Crippen LogP contribution is 2.39. The number of nitrogens with zero attached hydrogens (tertiary/aromatic N) is 4. The summed E-state index contributed by atoms with van der Waals surface area (Å²) >= 11 is 13.4. The van der Waals surface area contributed by atoms with Crippen molar-refractivity contribution in [1.82, 2.24) is 19.7 Å². The number of benzene rings is 1. The second-order valence-electron chi connectivity index (χ2n) is 9.18. The van der Waals surface area contributed by atoms with E-state index in [1.165, 1.54) is 29.2 Å². The van der Waals surface area contributed by atoms with Crippen molar-refractivity contribution in [2.45, 2.75) is 44.8 Å². The largest absolute Gasteiger partial charge is 0.496 e. The number of carbonyl (C=O) groups is 1. The lowest BCUT2D eigenvalue weighted by molar-refractivity contribution is -0.155. The standard InChI is InChI=1S/C24H26Cl2N4O7S2/c1-34-18-3-4-19(37-39(2,32)33)16-12-36-24(35-11-15(16)18)17-13-38-23(27-17)14-5-7-29(8-6-14)22(31)10-30-21(26)9-20(25)28-30/h3-4,9,13-14,24H,5-8,10-12H2,1-2H3. The van der Waals surface area contributed by atoms with Crippen molar-refractivity contribution in [3.05, 3.63) is 55.7 Å². The average Bonchev–Trinajstić information content (AvgIpc) is 3.42. The molecule has 2 aromatic heterocycles. The first-order chi connectivity index (χ1) is 18.6. The van der Waals surface area contributed by atoms with E-state index in [0.29, 0.717) is 40.8 Å².